The molecular formula is C11H17N3. The Morgan fingerprint density at radius 2 is 2.14 bits per heavy atom. The average Bonchev–Trinajstić information content (AvgIpc) is 2.16. The van der Waals surface area contributed by atoms with E-state index in [2.05, 4.69) is 35.8 Å². The summed E-state index contributed by atoms with van der Waals surface area (Å²) in [6, 6.07) is 0. The molecule has 0 radical (unpaired) electrons. The van der Waals surface area contributed by atoms with Crippen LogP contribution in [0.2, 0.25) is 0 Å². The Balaban J connectivity index is 2.41. The van der Waals surface area contributed by atoms with Crippen molar-refractivity contribution in [2.24, 2.45) is 0 Å². The van der Waals surface area contributed by atoms with Crippen molar-refractivity contribution in [2.75, 3.05) is 13.6 Å². The van der Waals surface area contributed by atoms with E-state index in [9.17, 15) is 0 Å². The molecule has 1 aliphatic heterocycles. The number of likely N-dealkylation sites (N-methyl/N-ethyl adjacent to an activating group) is 1. The van der Waals surface area contributed by atoms with E-state index in [1.807, 2.05) is 0 Å². The van der Waals surface area contributed by atoms with Crippen molar-refractivity contribution < 1.29 is 0 Å². The minimum absolute atomic E-state index is 0.509. The number of nitrogens with zero attached hydrogens (tertiary/aromatic N) is 3. The van der Waals surface area contributed by atoms with E-state index >= 15 is 0 Å². The topological polar surface area (TPSA) is 29.0 Å². The quantitative estimate of drug-likeness (QED) is 0.675. The summed E-state index contributed by atoms with van der Waals surface area (Å²) in [5, 5.41) is 0. The monoisotopic (exact) mass is 191 g/mol. The minimum Gasteiger partial charge on any atom is -0.300 e. The van der Waals surface area contributed by atoms with Crippen LogP contribution in [0, 0.1) is 0 Å². The molecule has 0 bridgehead atoms. The van der Waals surface area contributed by atoms with Gasteiger partial charge in [-0.3, -0.25) is 0 Å². The highest BCUT2D eigenvalue weighted by Gasteiger charge is 2.19. The summed E-state index contributed by atoms with van der Waals surface area (Å²) in [6.45, 7) is 6.49. The van der Waals surface area contributed by atoms with Crippen LogP contribution < -0.4 is 0 Å². The minimum atomic E-state index is 0.509. The SMILES string of the molecule is CC(C)c1ncnc2c1CCN(C)C2. The summed E-state index contributed by atoms with van der Waals surface area (Å²) >= 11 is 0. The molecule has 2 heterocycles. The van der Waals surface area contributed by atoms with Crippen LogP contribution in [0.1, 0.15) is 36.7 Å². The van der Waals surface area contributed by atoms with Crippen LogP contribution in [-0.4, -0.2) is 28.5 Å². The molecular weight excluding hydrogens is 174 g/mol. The van der Waals surface area contributed by atoms with Gasteiger partial charge in [0.2, 0.25) is 0 Å². The van der Waals surface area contributed by atoms with E-state index in [0.29, 0.717) is 5.92 Å². The highest BCUT2D eigenvalue weighted by Crippen LogP contribution is 2.23. The standard InChI is InChI=1S/C11H17N3/c1-8(2)11-9-4-5-14(3)6-10(9)12-7-13-11/h7-8H,4-6H2,1-3H3. The first-order valence-corrected chi connectivity index (χ1v) is 5.19. The van der Waals surface area contributed by atoms with Gasteiger partial charge in [0.05, 0.1) is 5.69 Å². The first-order valence-electron chi connectivity index (χ1n) is 5.19. The molecule has 0 aromatic carbocycles. The first-order chi connectivity index (χ1) is 6.68. The highest BCUT2D eigenvalue weighted by molar-refractivity contribution is 5.28. The van der Waals surface area contributed by atoms with Crippen LogP contribution in [-0.2, 0) is 13.0 Å². The summed E-state index contributed by atoms with van der Waals surface area (Å²) < 4.78 is 0. The molecule has 1 aliphatic rings. The Hall–Kier alpha value is -0.960. The molecule has 2 rings (SSSR count). The van der Waals surface area contributed by atoms with Crippen molar-refractivity contribution in [3.8, 4) is 0 Å². The second kappa shape index (κ2) is 3.65. The molecule has 0 aliphatic carbocycles. The molecule has 3 heteroatoms. The molecule has 0 unspecified atom stereocenters. The molecule has 76 valence electrons. The predicted molar refractivity (Wildman–Crippen MR) is 56.2 cm³/mol. The molecule has 0 N–H and O–H groups in total. The number of hydrogen-bond donors (Lipinski definition) is 0. The largest absolute Gasteiger partial charge is 0.300 e. The van der Waals surface area contributed by atoms with Crippen LogP contribution in [0.5, 0.6) is 0 Å². The maximum absolute atomic E-state index is 4.39. The highest BCUT2D eigenvalue weighted by atomic mass is 15.1. The summed E-state index contributed by atoms with van der Waals surface area (Å²) in [5.41, 5.74) is 3.85. The molecule has 3 nitrogen and oxygen atoms in total. The Labute approximate surface area is 85.2 Å². The normalized spacial score (nSPS) is 17.1. The number of rotatable bonds is 1. The Morgan fingerprint density at radius 1 is 1.36 bits per heavy atom. The molecule has 0 saturated carbocycles. The molecule has 0 saturated heterocycles. The van der Waals surface area contributed by atoms with Gasteiger partial charge in [0.15, 0.2) is 0 Å². The molecule has 0 spiro atoms. The van der Waals surface area contributed by atoms with Crippen LogP contribution in [0.25, 0.3) is 0 Å². The van der Waals surface area contributed by atoms with Crippen molar-refractivity contribution in [1.29, 1.82) is 0 Å². The second-order valence-corrected chi connectivity index (χ2v) is 4.33. The van der Waals surface area contributed by atoms with Gasteiger partial charge in [0.25, 0.3) is 0 Å². The van der Waals surface area contributed by atoms with Gasteiger partial charge in [0.1, 0.15) is 6.33 Å². The number of hydrogen-bond acceptors (Lipinski definition) is 3. The van der Waals surface area contributed by atoms with Gasteiger partial charge in [0, 0.05) is 18.8 Å². The zero-order valence-corrected chi connectivity index (χ0v) is 9.12. The lowest BCUT2D eigenvalue weighted by molar-refractivity contribution is 0.305. The molecule has 0 fully saturated rings. The fourth-order valence-electron chi connectivity index (χ4n) is 2.01. The van der Waals surface area contributed by atoms with Crippen LogP contribution >= 0.6 is 0 Å². The van der Waals surface area contributed by atoms with Crippen molar-refractivity contribution in [3.05, 3.63) is 23.3 Å². The van der Waals surface area contributed by atoms with Crippen LogP contribution in [0.4, 0.5) is 0 Å². The Kier molecular flexibility index (Phi) is 2.50. The van der Waals surface area contributed by atoms with Gasteiger partial charge in [-0.25, -0.2) is 9.97 Å². The lowest BCUT2D eigenvalue weighted by atomic mass is 9.97. The lowest BCUT2D eigenvalue weighted by Gasteiger charge is -2.25. The zero-order chi connectivity index (χ0) is 10.1. The predicted octanol–water partition coefficient (Wildman–Crippen LogP) is 1.59. The fourth-order valence-corrected chi connectivity index (χ4v) is 2.01. The van der Waals surface area contributed by atoms with Crippen molar-refractivity contribution in [2.45, 2.75) is 32.7 Å². The molecule has 14 heavy (non-hydrogen) atoms. The van der Waals surface area contributed by atoms with E-state index in [4.69, 9.17) is 0 Å². The third kappa shape index (κ3) is 1.64. The van der Waals surface area contributed by atoms with Crippen LogP contribution in [0.3, 0.4) is 0 Å². The van der Waals surface area contributed by atoms with Crippen molar-refractivity contribution >= 4 is 0 Å². The maximum atomic E-state index is 4.39. The third-order valence-corrected chi connectivity index (χ3v) is 2.78. The summed E-state index contributed by atoms with van der Waals surface area (Å²) in [6.07, 6.45) is 2.80. The first kappa shape index (κ1) is 9.59. The lowest BCUT2D eigenvalue weighted by Crippen LogP contribution is -2.28. The number of fused-ring (bicyclic) bond motifs is 1. The molecule has 0 atom stereocenters. The molecule has 0 amide bonds. The molecule has 1 aromatic rings. The van der Waals surface area contributed by atoms with E-state index in [1.165, 1.54) is 17.0 Å². The van der Waals surface area contributed by atoms with E-state index < -0.39 is 0 Å². The maximum Gasteiger partial charge on any atom is 0.116 e. The van der Waals surface area contributed by atoms with Gasteiger partial charge in [-0.1, -0.05) is 13.8 Å². The van der Waals surface area contributed by atoms with Gasteiger partial charge in [-0.15, -0.1) is 0 Å². The number of aromatic nitrogens is 2. The summed E-state index contributed by atoms with van der Waals surface area (Å²) in [4.78, 5) is 11.1. The van der Waals surface area contributed by atoms with Gasteiger partial charge >= 0.3 is 0 Å². The van der Waals surface area contributed by atoms with Crippen molar-refractivity contribution in [1.82, 2.24) is 14.9 Å². The van der Waals surface area contributed by atoms with Gasteiger partial charge in [-0.2, -0.15) is 0 Å². The fraction of sp³-hybridized carbons (Fsp3) is 0.636. The summed E-state index contributed by atoms with van der Waals surface area (Å²) in [5.74, 6) is 0.509. The Morgan fingerprint density at radius 3 is 2.86 bits per heavy atom. The van der Waals surface area contributed by atoms with Gasteiger partial charge < -0.3 is 4.90 Å². The average molecular weight is 191 g/mol. The van der Waals surface area contributed by atoms with Crippen molar-refractivity contribution in [3.63, 3.8) is 0 Å². The van der Waals surface area contributed by atoms with E-state index in [0.717, 1.165) is 19.5 Å². The third-order valence-electron chi connectivity index (χ3n) is 2.78. The van der Waals surface area contributed by atoms with E-state index in [1.54, 1.807) is 6.33 Å². The van der Waals surface area contributed by atoms with Crippen LogP contribution in [0.15, 0.2) is 6.33 Å². The Bertz CT molecular complexity index is 333. The zero-order valence-electron chi connectivity index (χ0n) is 9.12. The second-order valence-electron chi connectivity index (χ2n) is 4.33. The smallest absolute Gasteiger partial charge is 0.116 e. The summed E-state index contributed by atoms with van der Waals surface area (Å²) in [7, 11) is 2.14. The molecule has 1 aromatic heterocycles. The van der Waals surface area contributed by atoms with E-state index in [-0.39, 0.29) is 0 Å². The van der Waals surface area contributed by atoms with Gasteiger partial charge in [-0.05, 0) is 24.9 Å².